The zero-order chi connectivity index (χ0) is 18.2. The lowest BCUT2D eigenvalue weighted by atomic mass is 9.91. The number of ether oxygens (including phenoxy) is 1. The molecule has 3 rings (SSSR count). The predicted octanol–water partition coefficient (Wildman–Crippen LogP) is 1.88. The normalized spacial score (nSPS) is 20.6. The molecule has 2 heterocycles. The average molecular weight is 341 g/mol. The summed E-state index contributed by atoms with van der Waals surface area (Å²) < 4.78 is 7.32. The highest BCUT2D eigenvalue weighted by molar-refractivity contribution is 5.98. The van der Waals surface area contributed by atoms with E-state index in [9.17, 15) is 4.79 Å². The molecule has 7 heteroatoms. The van der Waals surface area contributed by atoms with E-state index in [2.05, 4.69) is 10.1 Å². The van der Waals surface area contributed by atoms with Gasteiger partial charge in [0.15, 0.2) is 5.96 Å². The Balaban J connectivity index is 2.01. The maximum atomic E-state index is 12.2. The molecule has 7 nitrogen and oxygen atoms in total. The summed E-state index contributed by atoms with van der Waals surface area (Å²) in [5.41, 5.74) is 7.78. The maximum Gasteiger partial charge on any atom is 0.231 e. The van der Waals surface area contributed by atoms with Crippen LogP contribution in [0.1, 0.15) is 26.0 Å². The number of amides is 1. The molecule has 1 aromatic carbocycles. The van der Waals surface area contributed by atoms with Crippen molar-refractivity contribution in [2.45, 2.75) is 25.8 Å². The first-order chi connectivity index (χ1) is 11.8. The van der Waals surface area contributed by atoms with Crippen LogP contribution in [-0.4, -0.2) is 40.2 Å². The Kier molecular flexibility index (Phi) is 4.24. The number of rotatable bonds is 4. The molecule has 1 aliphatic rings. The van der Waals surface area contributed by atoms with E-state index in [-0.39, 0.29) is 18.3 Å². The summed E-state index contributed by atoms with van der Waals surface area (Å²) in [7, 11) is 3.49. The molecule has 0 fully saturated rings. The van der Waals surface area contributed by atoms with Crippen molar-refractivity contribution >= 4 is 11.9 Å². The standard InChI is InChI=1S/C18H23N5O2/c1-5-25-13-8-6-7-12(9-13)14-10-15(23(4)21-14)18(2)11-16(24)22(3)17(19)20-18/h6-10H,5,11H2,1-4H3,(H2,19,20)/t18-/m0/s1. The summed E-state index contributed by atoms with van der Waals surface area (Å²) in [6.45, 7) is 4.46. The quantitative estimate of drug-likeness (QED) is 0.920. The Bertz CT molecular complexity index is 842. The summed E-state index contributed by atoms with van der Waals surface area (Å²) in [5, 5.41) is 4.60. The number of benzene rings is 1. The minimum absolute atomic E-state index is 0.0592. The Morgan fingerprint density at radius 2 is 2.08 bits per heavy atom. The van der Waals surface area contributed by atoms with Gasteiger partial charge in [-0.1, -0.05) is 12.1 Å². The number of carbonyl (C=O) groups excluding carboxylic acids is 1. The minimum Gasteiger partial charge on any atom is -0.494 e. The molecular weight excluding hydrogens is 318 g/mol. The Hall–Kier alpha value is -2.83. The molecule has 2 aromatic rings. The SMILES string of the molecule is CCOc1cccc(-c2cc([C@]3(C)CC(=O)N(C)C(N)=N3)n(C)n2)c1. The number of aromatic nitrogens is 2. The number of aryl methyl sites for hydroxylation is 1. The smallest absolute Gasteiger partial charge is 0.231 e. The first-order valence-electron chi connectivity index (χ1n) is 8.23. The van der Waals surface area contributed by atoms with E-state index in [1.165, 1.54) is 4.90 Å². The van der Waals surface area contributed by atoms with Gasteiger partial charge < -0.3 is 10.5 Å². The lowest BCUT2D eigenvalue weighted by Gasteiger charge is -2.33. The van der Waals surface area contributed by atoms with Crippen molar-refractivity contribution in [1.29, 1.82) is 0 Å². The second-order valence-electron chi connectivity index (χ2n) is 6.37. The van der Waals surface area contributed by atoms with E-state index in [1.54, 1.807) is 11.7 Å². The molecule has 0 bridgehead atoms. The minimum atomic E-state index is -0.731. The predicted molar refractivity (Wildman–Crippen MR) is 96.2 cm³/mol. The van der Waals surface area contributed by atoms with Crippen LogP contribution in [0.15, 0.2) is 35.3 Å². The molecule has 0 radical (unpaired) electrons. The Labute approximate surface area is 147 Å². The number of guanidine groups is 1. The Morgan fingerprint density at radius 1 is 1.32 bits per heavy atom. The summed E-state index contributed by atoms with van der Waals surface area (Å²) in [6, 6.07) is 9.74. The molecule has 0 unspecified atom stereocenters. The van der Waals surface area contributed by atoms with Crippen LogP contribution < -0.4 is 10.5 Å². The summed E-state index contributed by atoms with van der Waals surface area (Å²) in [4.78, 5) is 18.1. The zero-order valence-electron chi connectivity index (χ0n) is 15.0. The van der Waals surface area contributed by atoms with E-state index in [0.717, 1.165) is 22.7 Å². The number of nitrogens with zero attached hydrogens (tertiary/aromatic N) is 4. The van der Waals surface area contributed by atoms with Gasteiger partial charge in [0.1, 0.15) is 11.3 Å². The molecule has 2 N–H and O–H groups in total. The van der Waals surface area contributed by atoms with Crippen molar-refractivity contribution in [2.75, 3.05) is 13.7 Å². The van der Waals surface area contributed by atoms with Crippen LogP contribution in [0, 0.1) is 0 Å². The van der Waals surface area contributed by atoms with Gasteiger partial charge in [0.25, 0.3) is 0 Å². The molecule has 0 aliphatic carbocycles. The van der Waals surface area contributed by atoms with E-state index in [0.29, 0.717) is 6.61 Å². The molecular formula is C18H23N5O2. The fraction of sp³-hybridized carbons (Fsp3) is 0.389. The van der Waals surface area contributed by atoms with E-state index in [1.807, 2.05) is 51.2 Å². The fourth-order valence-corrected chi connectivity index (χ4v) is 3.08. The highest BCUT2D eigenvalue weighted by Gasteiger charge is 2.38. The zero-order valence-corrected chi connectivity index (χ0v) is 15.0. The van der Waals surface area contributed by atoms with Gasteiger partial charge in [-0.2, -0.15) is 5.10 Å². The van der Waals surface area contributed by atoms with Gasteiger partial charge in [0.2, 0.25) is 5.91 Å². The average Bonchev–Trinajstić information content (AvgIpc) is 2.96. The third kappa shape index (κ3) is 3.09. The molecule has 25 heavy (non-hydrogen) atoms. The van der Waals surface area contributed by atoms with Crippen molar-refractivity contribution in [3.8, 4) is 17.0 Å². The third-order valence-electron chi connectivity index (χ3n) is 4.45. The van der Waals surface area contributed by atoms with Crippen molar-refractivity contribution in [3.63, 3.8) is 0 Å². The maximum absolute atomic E-state index is 12.2. The first kappa shape index (κ1) is 17.0. The van der Waals surface area contributed by atoms with E-state index in [4.69, 9.17) is 10.5 Å². The highest BCUT2D eigenvalue weighted by Crippen LogP contribution is 2.35. The summed E-state index contributed by atoms with van der Waals surface area (Å²) >= 11 is 0. The van der Waals surface area contributed by atoms with Gasteiger partial charge in [0, 0.05) is 19.7 Å². The first-order valence-corrected chi connectivity index (χ1v) is 8.23. The van der Waals surface area contributed by atoms with Gasteiger partial charge in [-0.15, -0.1) is 0 Å². The number of hydrogen-bond donors (Lipinski definition) is 1. The number of aliphatic imine (C=N–C) groups is 1. The van der Waals surface area contributed by atoms with Crippen LogP contribution in [0.25, 0.3) is 11.3 Å². The fourth-order valence-electron chi connectivity index (χ4n) is 3.08. The summed E-state index contributed by atoms with van der Waals surface area (Å²) in [6.07, 6.45) is 0.252. The monoisotopic (exact) mass is 341 g/mol. The number of nitrogens with two attached hydrogens (primary N) is 1. The van der Waals surface area contributed by atoms with Crippen LogP contribution in [0.5, 0.6) is 5.75 Å². The molecule has 0 spiro atoms. The highest BCUT2D eigenvalue weighted by atomic mass is 16.5. The second kappa shape index (κ2) is 6.23. The molecule has 132 valence electrons. The molecule has 1 atom stereocenters. The topological polar surface area (TPSA) is 85.7 Å². The molecule has 1 aliphatic heterocycles. The Morgan fingerprint density at radius 3 is 2.76 bits per heavy atom. The van der Waals surface area contributed by atoms with Gasteiger partial charge in [-0.3, -0.25) is 14.4 Å². The van der Waals surface area contributed by atoms with Gasteiger partial charge >= 0.3 is 0 Å². The van der Waals surface area contributed by atoms with E-state index < -0.39 is 5.54 Å². The van der Waals surface area contributed by atoms with Crippen molar-refractivity contribution in [2.24, 2.45) is 17.8 Å². The second-order valence-corrected chi connectivity index (χ2v) is 6.37. The third-order valence-corrected chi connectivity index (χ3v) is 4.45. The lowest BCUT2D eigenvalue weighted by molar-refractivity contribution is -0.128. The molecule has 0 saturated heterocycles. The summed E-state index contributed by atoms with van der Waals surface area (Å²) in [5.74, 6) is 0.964. The van der Waals surface area contributed by atoms with Crippen molar-refractivity contribution in [1.82, 2.24) is 14.7 Å². The molecule has 0 saturated carbocycles. The van der Waals surface area contributed by atoms with Crippen molar-refractivity contribution in [3.05, 3.63) is 36.0 Å². The molecule has 1 amide bonds. The largest absolute Gasteiger partial charge is 0.494 e. The van der Waals surface area contributed by atoms with Crippen LogP contribution >= 0.6 is 0 Å². The van der Waals surface area contributed by atoms with Gasteiger partial charge in [-0.25, -0.2) is 4.99 Å². The number of carbonyl (C=O) groups is 1. The van der Waals surface area contributed by atoms with Crippen LogP contribution in [0.4, 0.5) is 0 Å². The number of hydrogen-bond acceptors (Lipinski definition) is 5. The van der Waals surface area contributed by atoms with Crippen molar-refractivity contribution < 1.29 is 9.53 Å². The molecule has 1 aromatic heterocycles. The van der Waals surface area contributed by atoms with E-state index >= 15 is 0 Å². The lowest BCUT2D eigenvalue weighted by Crippen LogP contribution is -2.48. The van der Waals surface area contributed by atoms with Crippen LogP contribution in [0.3, 0.4) is 0 Å². The van der Waals surface area contributed by atoms with Gasteiger partial charge in [0.05, 0.1) is 24.4 Å². The van der Waals surface area contributed by atoms with Crippen LogP contribution in [0.2, 0.25) is 0 Å². The van der Waals surface area contributed by atoms with Gasteiger partial charge in [-0.05, 0) is 32.0 Å². The van der Waals surface area contributed by atoms with Crippen LogP contribution in [-0.2, 0) is 17.4 Å².